The molecule has 0 saturated carbocycles. The molecule has 0 radical (unpaired) electrons. The Balaban J connectivity index is 1.93. The highest BCUT2D eigenvalue weighted by Gasteiger charge is 2.16. The molecule has 1 unspecified atom stereocenters. The third-order valence-electron chi connectivity index (χ3n) is 3.09. The van der Waals surface area contributed by atoms with Gasteiger partial charge in [-0.1, -0.05) is 0 Å². The Bertz CT molecular complexity index is 431. The molecule has 1 heterocycles. The van der Waals surface area contributed by atoms with Crippen LogP contribution in [0.25, 0.3) is 0 Å². The first kappa shape index (κ1) is 12.8. The average Bonchev–Trinajstić information content (AvgIpc) is 2.89. The van der Waals surface area contributed by atoms with E-state index in [1.54, 1.807) is 6.07 Å². The van der Waals surface area contributed by atoms with Crippen molar-refractivity contribution in [1.82, 2.24) is 10.6 Å². The Kier molecular flexibility index (Phi) is 4.15. The molecule has 1 amide bonds. The van der Waals surface area contributed by atoms with Crippen LogP contribution in [-0.4, -0.2) is 32.1 Å². The summed E-state index contributed by atoms with van der Waals surface area (Å²) in [6.07, 6.45) is 2.20. The lowest BCUT2D eigenvalue weighted by molar-refractivity contribution is 0.0950. The molecule has 5 heteroatoms. The lowest BCUT2D eigenvalue weighted by Crippen LogP contribution is -2.37. The zero-order valence-electron chi connectivity index (χ0n) is 10.3. The zero-order chi connectivity index (χ0) is 13.0. The van der Waals surface area contributed by atoms with E-state index in [4.69, 9.17) is 4.74 Å². The van der Waals surface area contributed by atoms with Gasteiger partial charge in [0.15, 0.2) is 11.6 Å². The molecule has 0 aliphatic carbocycles. The molecule has 2 rings (SSSR count). The van der Waals surface area contributed by atoms with E-state index >= 15 is 0 Å². The van der Waals surface area contributed by atoms with Crippen LogP contribution in [-0.2, 0) is 0 Å². The molecule has 1 fully saturated rings. The molecule has 1 aromatic rings. The second-order valence-electron chi connectivity index (χ2n) is 4.35. The summed E-state index contributed by atoms with van der Waals surface area (Å²) in [4.78, 5) is 11.8. The molecule has 0 bridgehead atoms. The number of nitrogens with one attached hydrogen (secondary N) is 2. The van der Waals surface area contributed by atoms with Crippen molar-refractivity contribution in [3.8, 4) is 5.75 Å². The molecule has 1 atom stereocenters. The number of hydrogen-bond acceptors (Lipinski definition) is 3. The summed E-state index contributed by atoms with van der Waals surface area (Å²) in [7, 11) is 1.39. The predicted molar refractivity (Wildman–Crippen MR) is 66.3 cm³/mol. The number of benzene rings is 1. The molecule has 1 aliphatic heterocycles. The van der Waals surface area contributed by atoms with Gasteiger partial charge in [0, 0.05) is 18.2 Å². The second kappa shape index (κ2) is 5.82. The van der Waals surface area contributed by atoms with Gasteiger partial charge in [-0.2, -0.15) is 0 Å². The van der Waals surface area contributed by atoms with E-state index in [1.807, 2.05) is 0 Å². The Morgan fingerprint density at radius 1 is 1.61 bits per heavy atom. The van der Waals surface area contributed by atoms with Crippen molar-refractivity contribution in [2.24, 2.45) is 0 Å². The predicted octanol–water partition coefficient (Wildman–Crippen LogP) is 1.32. The smallest absolute Gasteiger partial charge is 0.251 e. The summed E-state index contributed by atoms with van der Waals surface area (Å²) in [5.41, 5.74) is 0.311. The number of hydrogen-bond donors (Lipinski definition) is 2. The van der Waals surface area contributed by atoms with Crippen LogP contribution in [0.15, 0.2) is 18.2 Å². The third kappa shape index (κ3) is 2.98. The molecule has 1 aliphatic rings. The number of carbonyl (C=O) groups excluding carboxylic acids is 1. The topological polar surface area (TPSA) is 50.4 Å². The van der Waals surface area contributed by atoms with Gasteiger partial charge in [-0.15, -0.1) is 0 Å². The highest BCUT2D eigenvalue weighted by Crippen LogP contribution is 2.17. The number of carbonyl (C=O) groups is 1. The van der Waals surface area contributed by atoms with Gasteiger partial charge in [0.2, 0.25) is 0 Å². The van der Waals surface area contributed by atoms with Gasteiger partial charge in [-0.3, -0.25) is 4.79 Å². The average molecular weight is 252 g/mol. The first-order valence-corrected chi connectivity index (χ1v) is 6.06. The van der Waals surface area contributed by atoms with Crippen LogP contribution in [0.4, 0.5) is 4.39 Å². The highest BCUT2D eigenvalue weighted by molar-refractivity contribution is 5.94. The summed E-state index contributed by atoms with van der Waals surface area (Å²) in [5, 5.41) is 6.08. The monoisotopic (exact) mass is 252 g/mol. The van der Waals surface area contributed by atoms with Gasteiger partial charge in [0.1, 0.15) is 0 Å². The molecule has 4 nitrogen and oxygen atoms in total. The van der Waals surface area contributed by atoms with Gasteiger partial charge >= 0.3 is 0 Å². The summed E-state index contributed by atoms with van der Waals surface area (Å²) < 4.78 is 18.2. The fourth-order valence-electron chi connectivity index (χ4n) is 2.06. The standard InChI is InChI=1S/C13H17FN2O2/c1-18-12-5-4-9(7-11(12)14)13(17)16-8-10-3-2-6-15-10/h4-5,7,10,15H,2-3,6,8H2,1H3,(H,16,17). The van der Waals surface area contributed by atoms with Gasteiger partial charge in [0.25, 0.3) is 5.91 Å². The second-order valence-corrected chi connectivity index (χ2v) is 4.35. The Morgan fingerprint density at radius 2 is 2.44 bits per heavy atom. The molecule has 1 saturated heterocycles. The Hall–Kier alpha value is -1.62. The normalized spacial score (nSPS) is 18.7. The summed E-state index contributed by atoms with van der Waals surface area (Å²) in [6, 6.07) is 4.53. The van der Waals surface area contributed by atoms with Crippen LogP contribution in [0, 0.1) is 5.82 Å². The van der Waals surface area contributed by atoms with E-state index in [1.165, 1.54) is 19.2 Å². The van der Waals surface area contributed by atoms with Crippen LogP contribution in [0.1, 0.15) is 23.2 Å². The van der Waals surface area contributed by atoms with E-state index in [0.717, 1.165) is 19.4 Å². The molecule has 0 aromatic heterocycles. The first-order chi connectivity index (χ1) is 8.70. The van der Waals surface area contributed by atoms with Crippen LogP contribution >= 0.6 is 0 Å². The third-order valence-corrected chi connectivity index (χ3v) is 3.09. The molecular formula is C13H17FN2O2. The van der Waals surface area contributed by atoms with Gasteiger partial charge in [0.05, 0.1) is 7.11 Å². The van der Waals surface area contributed by atoms with Crippen molar-refractivity contribution in [1.29, 1.82) is 0 Å². The van der Waals surface area contributed by atoms with Crippen molar-refractivity contribution in [2.75, 3.05) is 20.2 Å². The van der Waals surface area contributed by atoms with Gasteiger partial charge in [-0.25, -0.2) is 4.39 Å². The molecule has 98 valence electrons. The molecular weight excluding hydrogens is 235 g/mol. The number of rotatable bonds is 4. The number of methoxy groups -OCH3 is 1. The molecule has 18 heavy (non-hydrogen) atoms. The Labute approximate surface area is 106 Å². The largest absolute Gasteiger partial charge is 0.494 e. The highest BCUT2D eigenvalue weighted by atomic mass is 19.1. The first-order valence-electron chi connectivity index (χ1n) is 6.06. The van der Waals surface area contributed by atoms with E-state index in [2.05, 4.69) is 10.6 Å². The molecule has 1 aromatic carbocycles. The maximum Gasteiger partial charge on any atom is 0.251 e. The van der Waals surface area contributed by atoms with Crippen molar-refractivity contribution in [2.45, 2.75) is 18.9 Å². The zero-order valence-corrected chi connectivity index (χ0v) is 10.3. The van der Waals surface area contributed by atoms with E-state index in [9.17, 15) is 9.18 Å². The van der Waals surface area contributed by atoms with Gasteiger partial charge < -0.3 is 15.4 Å². The number of halogens is 1. The van der Waals surface area contributed by atoms with Crippen LogP contribution in [0.2, 0.25) is 0 Å². The maximum atomic E-state index is 13.4. The van der Waals surface area contributed by atoms with Crippen molar-refractivity contribution in [3.63, 3.8) is 0 Å². The van der Waals surface area contributed by atoms with Gasteiger partial charge in [-0.05, 0) is 37.6 Å². The quantitative estimate of drug-likeness (QED) is 0.849. The number of ether oxygens (including phenoxy) is 1. The van der Waals surface area contributed by atoms with E-state index < -0.39 is 5.82 Å². The van der Waals surface area contributed by atoms with Crippen molar-refractivity contribution >= 4 is 5.91 Å². The van der Waals surface area contributed by atoms with Crippen LogP contribution < -0.4 is 15.4 Å². The fourth-order valence-corrected chi connectivity index (χ4v) is 2.06. The lowest BCUT2D eigenvalue weighted by Gasteiger charge is -2.11. The van der Waals surface area contributed by atoms with Crippen molar-refractivity contribution in [3.05, 3.63) is 29.6 Å². The Morgan fingerprint density at radius 3 is 3.06 bits per heavy atom. The molecule has 2 N–H and O–H groups in total. The lowest BCUT2D eigenvalue weighted by atomic mass is 10.2. The fraction of sp³-hybridized carbons (Fsp3) is 0.462. The number of amides is 1. The van der Waals surface area contributed by atoms with Crippen LogP contribution in [0.5, 0.6) is 5.75 Å². The van der Waals surface area contributed by atoms with Crippen LogP contribution in [0.3, 0.4) is 0 Å². The summed E-state index contributed by atoms with van der Waals surface area (Å²) in [5.74, 6) is -0.640. The SMILES string of the molecule is COc1ccc(C(=O)NCC2CCCN2)cc1F. The van der Waals surface area contributed by atoms with Crippen molar-refractivity contribution < 1.29 is 13.9 Å². The minimum Gasteiger partial charge on any atom is -0.494 e. The van der Waals surface area contributed by atoms with E-state index in [0.29, 0.717) is 18.2 Å². The minimum atomic E-state index is -0.524. The minimum absolute atomic E-state index is 0.143. The maximum absolute atomic E-state index is 13.4. The molecule has 0 spiro atoms. The summed E-state index contributed by atoms with van der Waals surface area (Å²) in [6.45, 7) is 1.57. The summed E-state index contributed by atoms with van der Waals surface area (Å²) >= 11 is 0. The van der Waals surface area contributed by atoms with E-state index in [-0.39, 0.29) is 11.7 Å².